The van der Waals surface area contributed by atoms with Crippen LogP contribution in [0.3, 0.4) is 0 Å². The first-order valence-corrected chi connectivity index (χ1v) is 9.47. The van der Waals surface area contributed by atoms with Gasteiger partial charge in [0.25, 0.3) is 0 Å². The summed E-state index contributed by atoms with van der Waals surface area (Å²) in [6, 6.07) is 5.99. The Labute approximate surface area is 185 Å². The average molecular weight is 504 g/mol. The Morgan fingerprint density at radius 2 is 1.86 bits per heavy atom. The molecule has 9 heteroatoms. The van der Waals surface area contributed by atoms with E-state index >= 15 is 0 Å². The first-order chi connectivity index (χ1) is 12.9. The van der Waals surface area contributed by atoms with Gasteiger partial charge in [0.1, 0.15) is 11.4 Å². The third kappa shape index (κ3) is 8.49. The molecule has 0 unspecified atom stereocenters. The fraction of sp³-hybridized carbons (Fsp3) is 0.632. The fourth-order valence-electron chi connectivity index (χ4n) is 2.81. The molecule has 1 fully saturated rings. The molecule has 1 aliphatic rings. The minimum atomic E-state index is -0.470. The third-order valence-electron chi connectivity index (χ3n) is 4.07. The Hall–Kier alpha value is -1.78. The summed E-state index contributed by atoms with van der Waals surface area (Å²) >= 11 is 0. The van der Waals surface area contributed by atoms with Crippen LogP contribution in [0, 0.1) is 0 Å². The normalized spacial score (nSPS) is 14.9. The molecule has 0 spiro atoms. The third-order valence-corrected chi connectivity index (χ3v) is 4.07. The zero-order chi connectivity index (χ0) is 19.7. The zero-order valence-electron chi connectivity index (χ0n) is 17.3. The van der Waals surface area contributed by atoms with E-state index in [0.717, 1.165) is 50.9 Å². The van der Waals surface area contributed by atoms with Gasteiger partial charge in [-0.25, -0.2) is 9.78 Å². The van der Waals surface area contributed by atoms with E-state index in [1.54, 1.807) is 7.05 Å². The smallest absolute Gasteiger partial charge is 0.407 e. The molecule has 0 aliphatic carbocycles. The average Bonchev–Trinajstić information content (AvgIpc) is 2.64. The number of aromatic nitrogens is 1. The largest absolute Gasteiger partial charge is 0.444 e. The molecule has 2 N–H and O–H groups in total. The lowest BCUT2D eigenvalue weighted by Crippen LogP contribution is -2.53. The summed E-state index contributed by atoms with van der Waals surface area (Å²) in [5, 5.41) is 6.13. The minimum absolute atomic E-state index is 0. The molecule has 2 rings (SSSR count). The van der Waals surface area contributed by atoms with Crippen molar-refractivity contribution in [3.05, 3.63) is 24.4 Å². The Balaban J connectivity index is 0.00000392. The van der Waals surface area contributed by atoms with Crippen LogP contribution >= 0.6 is 24.0 Å². The summed E-state index contributed by atoms with van der Waals surface area (Å²) in [4.78, 5) is 24.9. The molecule has 1 saturated heterocycles. The number of amides is 1. The number of nitrogens with zero attached hydrogens (tertiary/aromatic N) is 4. The standard InChI is InChI=1S/C19H32N6O2.HI/c1-19(2,3)27-18(26)23-11-7-10-22-17(20-4)25-14-12-24(13-15-25)16-8-5-6-9-21-16;/h5-6,8-9H,7,10-15H2,1-4H3,(H,20,22)(H,23,26);1H. The summed E-state index contributed by atoms with van der Waals surface area (Å²) in [6.07, 6.45) is 2.25. The number of guanidine groups is 1. The molecule has 0 atom stereocenters. The number of anilines is 1. The molecule has 0 aromatic carbocycles. The lowest BCUT2D eigenvalue weighted by molar-refractivity contribution is 0.0527. The highest BCUT2D eigenvalue weighted by atomic mass is 127. The van der Waals surface area contributed by atoms with Gasteiger partial charge in [0.2, 0.25) is 0 Å². The molecule has 28 heavy (non-hydrogen) atoms. The number of pyridine rings is 1. The predicted molar refractivity (Wildman–Crippen MR) is 124 cm³/mol. The maximum absolute atomic E-state index is 11.6. The number of aliphatic imine (C=N–C) groups is 1. The number of halogens is 1. The molecule has 1 amide bonds. The number of rotatable bonds is 5. The van der Waals surface area contributed by atoms with Crippen LogP contribution in [0.25, 0.3) is 0 Å². The number of hydrogen-bond acceptors (Lipinski definition) is 5. The number of nitrogens with one attached hydrogen (secondary N) is 2. The van der Waals surface area contributed by atoms with Gasteiger partial charge in [0.15, 0.2) is 5.96 Å². The summed E-state index contributed by atoms with van der Waals surface area (Å²) in [5.41, 5.74) is -0.470. The van der Waals surface area contributed by atoms with E-state index in [1.807, 2.05) is 45.2 Å². The van der Waals surface area contributed by atoms with Gasteiger partial charge in [-0.1, -0.05) is 6.07 Å². The van der Waals surface area contributed by atoms with Gasteiger partial charge in [0.05, 0.1) is 0 Å². The quantitative estimate of drug-likeness (QED) is 0.277. The van der Waals surface area contributed by atoms with Crippen molar-refractivity contribution in [3.8, 4) is 0 Å². The molecular formula is C19H33IN6O2. The highest BCUT2D eigenvalue weighted by Gasteiger charge is 2.20. The van der Waals surface area contributed by atoms with Gasteiger partial charge in [-0.05, 0) is 39.3 Å². The van der Waals surface area contributed by atoms with Crippen molar-refractivity contribution in [2.75, 3.05) is 51.2 Å². The van der Waals surface area contributed by atoms with Gasteiger partial charge in [-0.15, -0.1) is 24.0 Å². The topological polar surface area (TPSA) is 82.1 Å². The molecule has 8 nitrogen and oxygen atoms in total. The van der Waals surface area contributed by atoms with Crippen molar-refractivity contribution < 1.29 is 9.53 Å². The Bertz CT molecular complexity index is 613. The van der Waals surface area contributed by atoms with Crippen LogP contribution in [0.2, 0.25) is 0 Å². The van der Waals surface area contributed by atoms with E-state index in [-0.39, 0.29) is 30.1 Å². The predicted octanol–water partition coefficient (Wildman–Crippen LogP) is 2.31. The first kappa shape index (κ1) is 24.3. The van der Waals surface area contributed by atoms with Crippen LogP contribution in [0.1, 0.15) is 27.2 Å². The Kier molecular flexibility index (Phi) is 10.3. The highest BCUT2D eigenvalue weighted by molar-refractivity contribution is 14.0. The monoisotopic (exact) mass is 504 g/mol. The van der Waals surface area contributed by atoms with Crippen molar-refractivity contribution in [2.45, 2.75) is 32.8 Å². The van der Waals surface area contributed by atoms with E-state index in [2.05, 4.69) is 30.4 Å². The molecule has 1 aromatic heterocycles. The van der Waals surface area contributed by atoms with Gasteiger partial charge in [-0.3, -0.25) is 4.99 Å². The van der Waals surface area contributed by atoms with E-state index in [0.29, 0.717) is 6.54 Å². The van der Waals surface area contributed by atoms with Crippen LogP contribution in [0.4, 0.5) is 10.6 Å². The van der Waals surface area contributed by atoms with Gasteiger partial charge in [0, 0.05) is 52.5 Å². The molecule has 1 aromatic rings. The summed E-state index contributed by atoms with van der Waals surface area (Å²) < 4.78 is 5.22. The lowest BCUT2D eigenvalue weighted by Gasteiger charge is -2.37. The van der Waals surface area contributed by atoms with Crippen LogP contribution in [0.5, 0.6) is 0 Å². The second-order valence-electron chi connectivity index (χ2n) is 7.42. The maximum atomic E-state index is 11.6. The van der Waals surface area contributed by atoms with Crippen molar-refractivity contribution in [2.24, 2.45) is 4.99 Å². The maximum Gasteiger partial charge on any atom is 0.407 e. The Morgan fingerprint density at radius 1 is 1.18 bits per heavy atom. The first-order valence-electron chi connectivity index (χ1n) is 9.47. The summed E-state index contributed by atoms with van der Waals surface area (Å²) in [7, 11) is 1.80. The van der Waals surface area contributed by atoms with Crippen LogP contribution in [0.15, 0.2) is 29.4 Å². The molecular weight excluding hydrogens is 471 g/mol. The van der Waals surface area contributed by atoms with E-state index in [4.69, 9.17) is 4.74 Å². The second-order valence-corrected chi connectivity index (χ2v) is 7.42. The van der Waals surface area contributed by atoms with Crippen LogP contribution in [-0.4, -0.2) is 73.9 Å². The van der Waals surface area contributed by atoms with Crippen LogP contribution in [-0.2, 0) is 4.74 Å². The number of carbonyl (C=O) groups is 1. The fourth-order valence-corrected chi connectivity index (χ4v) is 2.81. The van der Waals surface area contributed by atoms with Gasteiger partial charge < -0.3 is 25.2 Å². The van der Waals surface area contributed by atoms with Crippen molar-refractivity contribution >= 4 is 41.8 Å². The van der Waals surface area contributed by atoms with E-state index in [1.165, 1.54) is 0 Å². The molecule has 0 radical (unpaired) electrons. The molecule has 158 valence electrons. The zero-order valence-corrected chi connectivity index (χ0v) is 19.6. The number of alkyl carbamates (subject to hydrolysis) is 1. The minimum Gasteiger partial charge on any atom is -0.444 e. The van der Waals surface area contributed by atoms with Gasteiger partial charge >= 0.3 is 6.09 Å². The van der Waals surface area contributed by atoms with Crippen molar-refractivity contribution in [1.82, 2.24) is 20.5 Å². The summed E-state index contributed by atoms with van der Waals surface area (Å²) in [5.74, 6) is 1.92. The van der Waals surface area contributed by atoms with E-state index in [9.17, 15) is 4.79 Å². The van der Waals surface area contributed by atoms with Crippen molar-refractivity contribution in [3.63, 3.8) is 0 Å². The lowest BCUT2D eigenvalue weighted by atomic mass is 10.2. The SMILES string of the molecule is CN=C(NCCCNC(=O)OC(C)(C)C)N1CCN(c2ccccn2)CC1.I. The number of ether oxygens (including phenoxy) is 1. The molecule has 1 aliphatic heterocycles. The van der Waals surface area contributed by atoms with Crippen molar-refractivity contribution in [1.29, 1.82) is 0 Å². The van der Waals surface area contributed by atoms with Crippen LogP contribution < -0.4 is 15.5 Å². The molecule has 2 heterocycles. The highest BCUT2D eigenvalue weighted by Crippen LogP contribution is 2.12. The molecule has 0 saturated carbocycles. The molecule has 0 bridgehead atoms. The van der Waals surface area contributed by atoms with E-state index < -0.39 is 5.60 Å². The number of piperazine rings is 1. The second kappa shape index (κ2) is 11.9. The Morgan fingerprint density at radius 3 is 2.43 bits per heavy atom. The summed E-state index contributed by atoms with van der Waals surface area (Å²) in [6.45, 7) is 10.5. The van der Waals surface area contributed by atoms with Gasteiger partial charge in [-0.2, -0.15) is 0 Å². The number of hydrogen-bond donors (Lipinski definition) is 2. The number of carbonyl (C=O) groups excluding carboxylic acids is 1.